The number of para-hydroxylation sites is 1. The third-order valence-corrected chi connectivity index (χ3v) is 3.46. The number of hydrogen-bond acceptors (Lipinski definition) is 3. The lowest BCUT2D eigenvalue weighted by atomic mass is 10.2. The first kappa shape index (κ1) is 14.4. The Bertz CT molecular complexity index is 873. The van der Waals surface area contributed by atoms with Gasteiger partial charge in [-0.2, -0.15) is 0 Å². The molecule has 3 rings (SSSR count). The molecule has 0 saturated heterocycles. The van der Waals surface area contributed by atoms with Gasteiger partial charge in [0.15, 0.2) is 5.43 Å². The summed E-state index contributed by atoms with van der Waals surface area (Å²) in [7, 11) is 0. The number of benzene rings is 1. The van der Waals surface area contributed by atoms with Gasteiger partial charge in [0.2, 0.25) is 0 Å². The Morgan fingerprint density at radius 1 is 1.23 bits per heavy atom. The van der Waals surface area contributed by atoms with Gasteiger partial charge in [-0.1, -0.05) is 6.07 Å². The molecule has 22 heavy (non-hydrogen) atoms. The molecule has 112 valence electrons. The van der Waals surface area contributed by atoms with E-state index in [0.717, 1.165) is 11.3 Å². The van der Waals surface area contributed by atoms with E-state index in [1.54, 1.807) is 12.3 Å². The molecule has 4 nitrogen and oxygen atoms in total. The van der Waals surface area contributed by atoms with Gasteiger partial charge in [0, 0.05) is 36.4 Å². The first-order chi connectivity index (χ1) is 10.6. The largest absolute Gasteiger partial charge is 0.355 e. The second-order valence-corrected chi connectivity index (χ2v) is 5.25. The number of nitrogens with zero attached hydrogens (tertiary/aromatic N) is 1. The van der Waals surface area contributed by atoms with Crippen molar-refractivity contribution in [3.8, 4) is 0 Å². The Balaban J connectivity index is 1.77. The van der Waals surface area contributed by atoms with Gasteiger partial charge in [0.25, 0.3) is 0 Å². The number of aromatic nitrogens is 2. The van der Waals surface area contributed by atoms with E-state index in [4.69, 9.17) is 0 Å². The van der Waals surface area contributed by atoms with Gasteiger partial charge in [-0.05, 0) is 36.8 Å². The topological polar surface area (TPSA) is 57.8 Å². The molecule has 2 N–H and O–H groups in total. The van der Waals surface area contributed by atoms with Crippen molar-refractivity contribution >= 4 is 10.9 Å². The van der Waals surface area contributed by atoms with Crippen LogP contribution < -0.4 is 10.7 Å². The minimum absolute atomic E-state index is 0.182. The minimum Gasteiger partial charge on any atom is -0.355 e. The van der Waals surface area contributed by atoms with E-state index < -0.39 is 5.82 Å². The Morgan fingerprint density at radius 2 is 2.09 bits per heavy atom. The van der Waals surface area contributed by atoms with Crippen LogP contribution in [0.4, 0.5) is 4.39 Å². The number of fused-ring (bicyclic) bond motifs is 1. The van der Waals surface area contributed by atoms with Crippen LogP contribution in [0.1, 0.15) is 17.0 Å². The highest BCUT2D eigenvalue weighted by Gasteiger charge is 2.06. The summed E-state index contributed by atoms with van der Waals surface area (Å²) < 4.78 is 13.8. The van der Waals surface area contributed by atoms with Crippen LogP contribution in [0.25, 0.3) is 10.9 Å². The monoisotopic (exact) mass is 297 g/mol. The second kappa shape index (κ2) is 6.07. The van der Waals surface area contributed by atoms with E-state index >= 15 is 0 Å². The number of nitrogens with one attached hydrogen (secondary N) is 2. The Hall–Kier alpha value is -2.53. The van der Waals surface area contributed by atoms with E-state index in [2.05, 4.69) is 15.3 Å². The highest BCUT2D eigenvalue weighted by Crippen LogP contribution is 2.12. The van der Waals surface area contributed by atoms with Crippen molar-refractivity contribution < 1.29 is 4.39 Å². The number of rotatable bonds is 4. The molecule has 0 radical (unpaired) electrons. The Kier molecular flexibility index (Phi) is 3.98. The minimum atomic E-state index is -0.420. The molecule has 0 amide bonds. The van der Waals surface area contributed by atoms with Crippen molar-refractivity contribution in [1.82, 2.24) is 15.3 Å². The van der Waals surface area contributed by atoms with Gasteiger partial charge in [0.1, 0.15) is 5.82 Å². The second-order valence-electron chi connectivity index (χ2n) is 5.25. The van der Waals surface area contributed by atoms with E-state index in [1.807, 2.05) is 19.1 Å². The molecular weight excluding hydrogens is 281 g/mol. The van der Waals surface area contributed by atoms with E-state index in [0.29, 0.717) is 24.2 Å². The normalized spacial score (nSPS) is 11.0. The fraction of sp³-hybridized carbons (Fsp3) is 0.176. The number of pyridine rings is 2. The molecule has 0 saturated carbocycles. The molecule has 0 aliphatic carbocycles. The van der Waals surface area contributed by atoms with Crippen LogP contribution in [0.15, 0.2) is 47.4 Å². The van der Waals surface area contributed by atoms with Crippen molar-refractivity contribution in [2.75, 3.05) is 0 Å². The summed E-state index contributed by atoms with van der Waals surface area (Å²) in [5, 5.41) is 3.57. The molecular formula is C17H16FN3O. The molecule has 0 bridgehead atoms. The van der Waals surface area contributed by atoms with E-state index in [1.165, 1.54) is 18.2 Å². The van der Waals surface area contributed by atoms with E-state index in [-0.39, 0.29) is 10.9 Å². The van der Waals surface area contributed by atoms with Crippen LogP contribution in [0.2, 0.25) is 0 Å². The Labute approximate surface area is 127 Å². The average Bonchev–Trinajstić information content (AvgIpc) is 2.49. The molecule has 1 aromatic carbocycles. The Morgan fingerprint density at radius 3 is 2.91 bits per heavy atom. The zero-order valence-electron chi connectivity index (χ0n) is 12.2. The molecule has 2 heterocycles. The summed E-state index contributed by atoms with van der Waals surface area (Å²) in [5.41, 5.74) is 2.79. The summed E-state index contributed by atoms with van der Waals surface area (Å²) in [6, 6.07) is 9.92. The van der Waals surface area contributed by atoms with Crippen LogP contribution in [0.3, 0.4) is 0 Å². The lowest BCUT2D eigenvalue weighted by Crippen LogP contribution is -2.17. The van der Waals surface area contributed by atoms with Crippen molar-refractivity contribution in [2.24, 2.45) is 0 Å². The summed E-state index contributed by atoms with van der Waals surface area (Å²) >= 11 is 0. The third-order valence-electron chi connectivity index (χ3n) is 3.46. The first-order valence-electron chi connectivity index (χ1n) is 7.06. The number of hydrogen-bond donors (Lipinski definition) is 2. The van der Waals surface area contributed by atoms with Gasteiger partial charge in [0.05, 0.1) is 11.2 Å². The molecule has 0 fully saturated rings. The van der Waals surface area contributed by atoms with Crippen molar-refractivity contribution in [3.05, 3.63) is 75.6 Å². The first-order valence-corrected chi connectivity index (χ1v) is 7.06. The van der Waals surface area contributed by atoms with Crippen molar-refractivity contribution in [3.63, 3.8) is 0 Å². The maximum atomic E-state index is 13.8. The molecule has 0 aliphatic heterocycles. The van der Waals surface area contributed by atoms with Gasteiger partial charge < -0.3 is 10.3 Å². The smallest absolute Gasteiger partial charge is 0.189 e. The number of aryl methyl sites for hydroxylation is 1. The summed E-state index contributed by atoms with van der Waals surface area (Å²) in [5.74, 6) is -0.420. The van der Waals surface area contributed by atoms with Crippen LogP contribution in [0, 0.1) is 12.7 Å². The molecule has 3 aromatic rings. The summed E-state index contributed by atoms with van der Waals surface area (Å²) in [6.07, 6.45) is 1.76. The highest BCUT2D eigenvalue weighted by molar-refractivity contribution is 5.78. The molecule has 2 aromatic heterocycles. The zero-order valence-corrected chi connectivity index (χ0v) is 12.2. The number of H-pyrrole nitrogens is 1. The SMILES string of the molecule is Cc1ccnc(CNCc2cc(=O)c3cccc(F)c3[nH]2)c1. The van der Waals surface area contributed by atoms with Gasteiger partial charge in [-0.15, -0.1) is 0 Å². The van der Waals surface area contributed by atoms with Crippen LogP contribution in [-0.2, 0) is 13.1 Å². The van der Waals surface area contributed by atoms with Gasteiger partial charge >= 0.3 is 0 Å². The van der Waals surface area contributed by atoms with Gasteiger partial charge in [-0.25, -0.2) is 4.39 Å². The van der Waals surface area contributed by atoms with Gasteiger partial charge in [-0.3, -0.25) is 9.78 Å². The summed E-state index contributed by atoms with van der Waals surface area (Å²) in [4.78, 5) is 19.2. The zero-order chi connectivity index (χ0) is 15.5. The quantitative estimate of drug-likeness (QED) is 0.778. The van der Waals surface area contributed by atoms with Crippen LogP contribution in [-0.4, -0.2) is 9.97 Å². The molecule has 0 unspecified atom stereocenters. The van der Waals surface area contributed by atoms with E-state index in [9.17, 15) is 9.18 Å². The maximum Gasteiger partial charge on any atom is 0.189 e. The number of halogens is 1. The van der Waals surface area contributed by atoms with Crippen LogP contribution in [0.5, 0.6) is 0 Å². The highest BCUT2D eigenvalue weighted by atomic mass is 19.1. The van der Waals surface area contributed by atoms with Crippen molar-refractivity contribution in [2.45, 2.75) is 20.0 Å². The summed E-state index contributed by atoms with van der Waals surface area (Å²) in [6.45, 7) is 3.03. The molecule has 0 aliphatic rings. The predicted octanol–water partition coefficient (Wildman–Crippen LogP) is 2.66. The lowest BCUT2D eigenvalue weighted by molar-refractivity contribution is 0.633. The van der Waals surface area contributed by atoms with Crippen LogP contribution >= 0.6 is 0 Å². The molecule has 0 spiro atoms. The maximum absolute atomic E-state index is 13.8. The molecule has 0 atom stereocenters. The predicted molar refractivity (Wildman–Crippen MR) is 84.0 cm³/mol. The fourth-order valence-corrected chi connectivity index (χ4v) is 2.41. The van der Waals surface area contributed by atoms with Crippen molar-refractivity contribution in [1.29, 1.82) is 0 Å². The third kappa shape index (κ3) is 3.04. The lowest BCUT2D eigenvalue weighted by Gasteiger charge is -2.07. The fourth-order valence-electron chi connectivity index (χ4n) is 2.41. The standard InChI is InChI=1S/C17H16FN3O/c1-11-5-6-20-12(7-11)9-19-10-13-8-16(22)14-3-2-4-15(18)17(14)21-13/h2-8,19H,9-10H2,1H3,(H,21,22). The average molecular weight is 297 g/mol. The number of aromatic amines is 1. The molecule has 5 heteroatoms.